The van der Waals surface area contributed by atoms with Gasteiger partial charge in [-0.25, -0.2) is 0 Å². The van der Waals surface area contributed by atoms with Crippen LogP contribution in [0.25, 0.3) is 0 Å². The van der Waals surface area contributed by atoms with Gasteiger partial charge in [0, 0.05) is 19.7 Å². The molecular formula is C16H25ClN2O2. The van der Waals surface area contributed by atoms with Crippen molar-refractivity contribution in [2.75, 3.05) is 33.3 Å². The molecule has 4 nitrogen and oxygen atoms in total. The van der Waals surface area contributed by atoms with E-state index in [1.54, 1.807) is 7.05 Å². The van der Waals surface area contributed by atoms with Gasteiger partial charge < -0.3 is 15.0 Å². The zero-order valence-corrected chi connectivity index (χ0v) is 13.4. The van der Waals surface area contributed by atoms with E-state index in [4.69, 9.17) is 4.74 Å². The minimum Gasteiger partial charge on any atom is -0.376 e. The van der Waals surface area contributed by atoms with E-state index in [2.05, 4.69) is 29.6 Å². The number of nitrogens with one attached hydrogen (secondary N) is 1. The lowest BCUT2D eigenvalue weighted by molar-refractivity contribution is -0.129. The van der Waals surface area contributed by atoms with Crippen LogP contribution in [-0.4, -0.2) is 50.2 Å². The highest BCUT2D eigenvalue weighted by Gasteiger charge is 2.25. The summed E-state index contributed by atoms with van der Waals surface area (Å²) in [5, 5.41) is 2.90. The van der Waals surface area contributed by atoms with Gasteiger partial charge >= 0.3 is 0 Å². The van der Waals surface area contributed by atoms with Crippen LogP contribution in [0.4, 0.5) is 0 Å². The molecule has 1 atom stereocenters. The fraction of sp³-hybridized carbons (Fsp3) is 0.562. The number of ether oxygens (including phenoxy) is 1. The summed E-state index contributed by atoms with van der Waals surface area (Å²) in [5.74, 6) is 0.169. The fourth-order valence-corrected chi connectivity index (χ4v) is 2.52. The van der Waals surface area contributed by atoms with Crippen molar-refractivity contribution in [1.82, 2.24) is 10.2 Å². The second-order valence-electron chi connectivity index (χ2n) is 5.24. The van der Waals surface area contributed by atoms with Crippen molar-refractivity contribution in [2.24, 2.45) is 0 Å². The Morgan fingerprint density at radius 2 is 2.14 bits per heavy atom. The third kappa shape index (κ3) is 6.04. The van der Waals surface area contributed by atoms with Crippen molar-refractivity contribution < 1.29 is 9.53 Å². The number of nitrogens with zero attached hydrogens (tertiary/aromatic N) is 1. The lowest BCUT2D eigenvalue weighted by Gasteiger charge is -2.16. The molecule has 1 aromatic carbocycles. The first kappa shape index (κ1) is 18.0. The SMILES string of the molecule is CNCC(=O)N1CCC(OCCCc2ccccc2)C1.Cl. The summed E-state index contributed by atoms with van der Waals surface area (Å²) in [7, 11) is 1.80. The molecule has 21 heavy (non-hydrogen) atoms. The molecule has 1 aliphatic rings. The molecule has 118 valence electrons. The number of likely N-dealkylation sites (tertiary alicyclic amines) is 1. The van der Waals surface area contributed by atoms with Crippen molar-refractivity contribution in [3.8, 4) is 0 Å². The zero-order chi connectivity index (χ0) is 14.2. The van der Waals surface area contributed by atoms with E-state index < -0.39 is 0 Å². The van der Waals surface area contributed by atoms with Gasteiger partial charge in [-0.3, -0.25) is 4.79 Å². The van der Waals surface area contributed by atoms with Gasteiger partial charge in [0.25, 0.3) is 0 Å². The fourth-order valence-electron chi connectivity index (χ4n) is 2.52. The molecule has 1 heterocycles. The van der Waals surface area contributed by atoms with Crippen LogP contribution in [0.3, 0.4) is 0 Å². The molecule has 1 saturated heterocycles. The molecule has 2 rings (SSSR count). The second-order valence-corrected chi connectivity index (χ2v) is 5.24. The number of hydrogen-bond donors (Lipinski definition) is 1. The number of aryl methyl sites for hydroxylation is 1. The molecular weight excluding hydrogens is 288 g/mol. The summed E-state index contributed by atoms with van der Waals surface area (Å²) in [5.41, 5.74) is 1.35. The standard InChI is InChI=1S/C16H24N2O2.ClH/c1-17-12-16(19)18-10-9-15(13-18)20-11-5-8-14-6-3-2-4-7-14;/h2-4,6-7,15,17H,5,8-13H2,1H3;1H. The van der Waals surface area contributed by atoms with Crippen molar-refractivity contribution in [1.29, 1.82) is 0 Å². The Morgan fingerprint density at radius 1 is 1.38 bits per heavy atom. The van der Waals surface area contributed by atoms with E-state index in [-0.39, 0.29) is 24.4 Å². The molecule has 5 heteroatoms. The highest BCUT2D eigenvalue weighted by atomic mass is 35.5. The number of carbonyl (C=O) groups is 1. The second kappa shape index (κ2) is 9.77. The van der Waals surface area contributed by atoms with E-state index in [1.165, 1.54) is 5.56 Å². The first-order valence-corrected chi connectivity index (χ1v) is 7.37. The molecule has 0 bridgehead atoms. The van der Waals surface area contributed by atoms with Crippen LogP contribution in [0, 0.1) is 0 Å². The van der Waals surface area contributed by atoms with Crippen LogP contribution >= 0.6 is 12.4 Å². The quantitative estimate of drug-likeness (QED) is 0.782. The van der Waals surface area contributed by atoms with Crippen LogP contribution < -0.4 is 5.32 Å². The Balaban J connectivity index is 0.00000220. The van der Waals surface area contributed by atoms with Crippen molar-refractivity contribution in [3.05, 3.63) is 35.9 Å². The summed E-state index contributed by atoms with van der Waals surface area (Å²) >= 11 is 0. The number of carbonyl (C=O) groups excluding carboxylic acids is 1. The molecule has 0 aromatic heterocycles. The number of rotatable bonds is 7. The minimum atomic E-state index is 0. The van der Waals surface area contributed by atoms with Gasteiger partial charge in [0.05, 0.1) is 12.6 Å². The molecule has 0 aliphatic carbocycles. The smallest absolute Gasteiger partial charge is 0.236 e. The maximum atomic E-state index is 11.7. The van der Waals surface area contributed by atoms with Crippen molar-refractivity contribution >= 4 is 18.3 Å². The predicted molar refractivity (Wildman–Crippen MR) is 86.9 cm³/mol. The molecule has 1 aliphatic heterocycles. The molecule has 1 aromatic rings. The topological polar surface area (TPSA) is 41.6 Å². The first-order valence-electron chi connectivity index (χ1n) is 7.37. The van der Waals surface area contributed by atoms with Crippen molar-refractivity contribution in [3.63, 3.8) is 0 Å². The normalized spacial score (nSPS) is 17.6. The Hall–Kier alpha value is -1.10. The lowest BCUT2D eigenvalue weighted by Crippen LogP contribution is -2.36. The number of benzene rings is 1. The third-order valence-corrected chi connectivity index (χ3v) is 3.63. The van der Waals surface area contributed by atoms with E-state index in [9.17, 15) is 4.79 Å². The van der Waals surface area contributed by atoms with Gasteiger partial charge in [-0.1, -0.05) is 30.3 Å². The van der Waals surface area contributed by atoms with Crippen molar-refractivity contribution in [2.45, 2.75) is 25.4 Å². The summed E-state index contributed by atoms with van der Waals surface area (Å²) in [6.07, 6.45) is 3.26. The first-order chi connectivity index (χ1) is 9.79. The number of hydrogen-bond acceptors (Lipinski definition) is 3. The van der Waals surface area contributed by atoms with Gasteiger partial charge in [-0.05, 0) is 31.9 Å². The summed E-state index contributed by atoms with van der Waals surface area (Å²) in [4.78, 5) is 13.6. The van der Waals surface area contributed by atoms with Crippen LogP contribution in [0.5, 0.6) is 0 Å². The van der Waals surface area contributed by atoms with Gasteiger partial charge in [0.1, 0.15) is 0 Å². The highest BCUT2D eigenvalue weighted by Crippen LogP contribution is 2.13. The zero-order valence-electron chi connectivity index (χ0n) is 12.6. The number of amides is 1. The average molecular weight is 313 g/mol. The third-order valence-electron chi connectivity index (χ3n) is 3.63. The summed E-state index contributed by atoms with van der Waals surface area (Å²) in [6, 6.07) is 10.5. The van der Waals surface area contributed by atoms with E-state index in [0.29, 0.717) is 6.54 Å². The Kier molecular flexibility index (Phi) is 8.35. The summed E-state index contributed by atoms with van der Waals surface area (Å²) < 4.78 is 5.87. The van der Waals surface area contributed by atoms with Gasteiger partial charge in [-0.2, -0.15) is 0 Å². The largest absolute Gasteiger partial charge is 0.376 e. The highest BCUT2D eigenvalue weighted by molar-refractivity contribution is 5.85. The van der Waals surface area contributed by atoms with Crippen LogP contribution in [0.1, 0.15) is 18.4 Å². The van der Waals surface area contributed by atoms with Gasteiger partial charge in [0.15, 0.2) is 0 Å². The van der Waals surface area contributed by atoms with Crippen LogP contribution in [0.15, 0.2) is 30.3 Å². The maximum absolute atomic E-state index is 11.7. The van der Waals surface area contributed by atoms with E-state index >= 15 is 0 Å². The molecule has 1 N–H and O–H groups in total. The minimum absolute atomic E-state index is 0. The molecule has 1 fully saturated rings. The predicted octanol–water partition coefficient (Wildman–Crippen LogP) is 1.88. The Bertz CT molecular complexity index is 414. The molecule has 1 amide bonds. The van der Waals surface area contributed by atoms with Gasteiger partial charge in [0.2, 0.25) is 5.91 Å². The lowest BCUT2D eigenvalue weighted by atomic mass is 10.1. The van der Waals surface area contributed by atoms with E-state index in [1.807, 2.05) is 11.0 Å². The number of likely N-dealkylation sites (N-methyl/N-ethyl adjacent to an activating group) is 1. The molecule has 1 unspecified atom stereocenters. The monoisotopic (exact) mass is 312 g/mol. The number of halogens is 1. The molecule has 0 spiro atoms. The molecule has 0 saturated carbocycles. The maximum Gasteiger partial charge on any atom is 0.236 e. The van der Waals surface area contributed by atoms with Crippen LogP contribution in [0.2, 0.25) is 0 Å². The summed E-state index contributed by atoms with van der Waals surface area (Å²) in [6.45, 7) is 2.75. The Morgan fingerprint density at radius 3 is 2.86 bits per heavy atom. The Labute approximate surface area is 133 Å². The molecule has 0 radical (unpaired) electrons. The average Bonchev–Trinajstić information content (AvgIpc) is 2.94. The van der Waals surface area contributed by atoms with Gasteiger partial charge in [-0.15, -0.1) is 12.4 Å². The van der Waals surface area contributed by atoms with E-state index in [0.717, 1.165) is 39.0 Å². The van der Waals surface area contributed by atoms with Crippen LogP contribution in [-0.2, 0) is 16.0 Å².